The highest BCUT2D eigenvalue weighted by molar-refractivity contribution is 7.85. The van der Waals surface area contributed by atoms with Crippen LogP contribution >= 0.6 is 0 Å². The van der Waals surface area contributed by atoms with Crippen LogP contribution in [0.5, 0.6) is 5.75 Å². The Kier molecular flexibility index (Phi) is 4.71. The molecule has 3 rings (SSSR count). The molecule has 0 saturated heterocycles. The normalized spacial score (nSPS) is 12.4. The first-order chi connectivity index (χ1) is 11.2. The third kappa shape index (κ3) is 3.27. The summed E-state index contributed by atoms with van der Waals surface area (Å²) in [5.41, 5.74) is 2.40. The predicted molar refractivity (Wildman–Crippen MR) is 92.1 cm³/mol. The second-order valence-corrected chi connectivity index (χ2v) is 6.67. The van der Waals surface area contributed by atoms with E-state index in [1.807, 2.05) is 44.2 Å². The zero-order chi connectivity index (χ0) is 16.2. The van der Waals surface area contributed by atoms with Crippen molar-refractivity contribution in [2.75, 3.05) is 12.4 Å². The number of imidazole rings is 1. The summed E-state index contributed by atoms with van der Waals surface area (Å²) in [4.78, 5) is 12.8. The number of rotatable bonds is 6. The Bertz CT molecular complexity index is 812. The molecule has 0 saturated carbocycles. The fraction of sp³-hybridized carbons (Fsp3) is 0.294. The Morgan fingerprint density at radius 3 is 2.87 bits per heavy atom. The van der Waals surface area contributed by atoms with Crippen molar-refractivity contribution in [1.82, 2.24) is 15.0 Å². The molecule has 3 aromatic rings. The SMILES string of the molecule is CCCS(=O)c1ccc(-c2nc3ncccc3[nH]2)c(OCC)c1. The number of H-pyrrole nitrogens is 1. The van der Waals surface area contributed by atoms with Gasteiger partial charge in [-0.25, -0.2) is 9.97 Å². The molecule has 0 aliphatic rings. The lowest BCUT2D eigenvalue weighted by Crippen LogP contribution is -2.00. The van der Waals surface area contributed by atoms with Gasteiger partial charge >= 0.3 is 0 Å². The van der Waals surface area contributed by atoms with Gasteiger partial charge in [0.15, 0.2) is 5.65 Å². The lowest BCUT2D eigenvalue weighted by Gasteiger charge is -2.10. The first-order valence-electron chi connectivity index (χ1n) is 7.69. The molecule has 0 amide bonds. The van der Waals surface area contributed by atoms with Gasteiger partial charge in [-0.1, -0.05) is 6.92 Å². The average Bonchev–Trinajstić information content (AvgIpc) is 2.99. The van der Waals surface area contributed by atoms with E-state index < -0.39 is 10.8 Å². The molecule has 23 heavy (non-hydrogen) atoms. The van der Waals surface area contributed by atoms with Crippen molar-refractivity contribution in [2.45, 2.75) is 25.2 Å². The average molecular weight is 329 g/mol. The highest BCUT2D eigenvalue weighted by atomic mass is 32.2. The highest BCUT2D eigenvalue weighted by Gasteiger charge is 2.14. The molecule has 6 heteroatoms. The van der Waals surface area contributed by atoms with Crippen molar-refractivity contribution in [3.05, 3.63) is 36.5 Å². The van der Waals surface area contributed by atoms with E-state index in [1.54, 1.807) is 6.20 Å². The third-order valence-electron chi connectivity index (χ3n) is 3.42. The largest absolute Gasteiger partial charge is 0.493 e. The number of nitrogens with one attached hydrogen (secondary N) is 1. The minimum atomic E-state index is -1.000. The molecule has 1 N–H and O–H groups in total. The molecule has 120 valence electrons. The van der Waals surface area contributed by atoms with Gasteiger partial charge in [0.1, 0.15) is 11.6 Å². The third-order valence-corrected chi connectivity index (χ3v) is 4.98. The van der Waals surface area contributed by atoms with Crippen LogP contribution in [0.1, 0.15) is 20.3 Å². The van der Waals surface area contributed by atoms with E-state index in [-0.39, 0.29) is 0 Å². The lowest BCUT2D eigenvalue weighted by atomic mass is 10.2. The molecule has 1 unspecified atom stereocenters. The summed E-state index contributed by atoms with van der Waals surface area (Å²) in [6, 6.07) is 9.44. The number of pyridine rings is 1. The number of ether oxygens (including phenoxy) is 1. The maximum absolute atomic E-state index is 12.2. The van der Waals surface area contributed by atoms with Crippen LogP contribution in [0.15, 0.2) is 41.4 Å². The van der Waals surface area contributed by atoms with Gasteiger partial charge in [-0.2, -0.15) is 0 Å². The van der Waals surface area contributed by atoms with Crippen LogP contribution in [0.4, 0.5) is 0 Å². The molecule has 2 heterocycles. The first kappa shape index (κ1) is 15.7. The van der Waals surface area contributed by atoms with E-state index in [0.717, 1.165) is 22.4 Å². The number of aromatic nitrogens is 3. The molecule has 0 aliphatic heterocycles. The molecule has 5 nitrogen and oxygen atoms in total. The van der Waals surface area contributed by atoms with Crippen molar-refractivity contribution in [3.8, 4) is 17.1 Å². The van der Waals surface area contributed by atoms with Crippen LogP contribution in [0.2, 0.25) is 0 Å². The molecular weight excluding hydrogens is 310 g/mol. The standard InChI is InChI=1S/C17H19N3O2S/c1-3-10-23(21)12-7-8-13(15(11-12)22-4-2)16-19-14-6-5-9-18-17(14)20-16/h5-9,11H,3-4,10H2,1-2H3,(H,18,19,20). The summed E-state index contributed by atoms with van der Waals surface area (Å²) in [7, 11) is -1.000. The van der Waals surface area contributed by atoms with Crippen LogP contribution in [-0.4, -0.2) is 31.5 Å². The fourth-order valence-electron chi connectivity index (χ4n) is 2.39. The van der Waals surface area contributed by atoms with E-state index >= 15 is 0 Å². The molecule has 2 aromatic heterocycles. The van der Waals surface area contributed by atoms with Crippen molar-refractivity contribution in [1.29, 1.82) is 0 Å². The number of hydrogen-bond donors (Lipinski definition) is 1. The minimum absolute atomic E-state index is 0.537. The number of fused-ring (bicyclic) bond motifs is 1. The number of aromatic amines is 1. The van der Waals surface area contributed by atoms with E-state index in [2.05, 4.69) is 15.0 Å². The smallest absolute Gasteiger partial charge is 0.178 e. The van der Waals surface area contributed by atoms with Gasteiger partial charge < -0.3 is 9.72 Å². The molecule has 1 atom stereocenters. The van der Waals surface area contributed by atoms with Crippen molar-refractivity contribution in [3.63, 3.8) is 0 Å². The van der Waals surface area contributed by atoms with Crippen molar-refractivity contribution >= 4 is 22.0 Å². The van der Waals surface area contributed by atoms with Crippen LogP contribution in [0, 0.1) is 0 Å². The molecule has 0 radical (unpaired) electrons. The molecular formula is C17H19N3O2S. The fourth-order valence-corrected chi connectivity index (χ4v) is 3.46. The predicted octanol–water partition coefficient (Wildman–Crippen LogP) is 3.54. The number of hydrogen-bond acceptors (Lipinski definition) is 4. The van der Waals surface area contributed by atoms with Crippen LogP contribution in [0.25, 0.3) is 22.6 Å². The second kappa shape index (κ2) is 6.91. The molecule has 0 spiro atoms. The number of benzene rings is 1. The van der Waals surface area contributed by atoms with Gasteiger partial charge in [-0.15, -0.1) is 0 Å². The number of nitrogens with zero attached hydrogens (tertiary/aromatic N) is 2. The van der Waals surface area contributed by atoms with Gasteiger partial charge in [0.05, 0.1) is 28.5 Å². The monoisotopic (exact) mass is 329 g/mol. The van der Waals surface area contributed by atoms with E-state index in [9.17, 15) is 4.21 Å². The van der Waals surface area contributed by atoms with E-state index in [1.165, 1.54) is 0 Å². The highest BCUT2D eigenvalue weighted by Crippen LogP contribution is 2.31. The molecule has 1 aromatic carbocycles. The summed E-state index contributed by atoms with van der Waals surface area (Å²) in [5, 5.41) is 0. The van der Waals surface area contributed by atoms with Crippen molar-refractivity contribution < 1.29 is 8.95 Å². The summed E-state index contributed by atoms with van der Waals surface area (Å²) in [6.45, 7) is 4.49. The Morgan fingerprint density at radius 2 is 2.13 bits per heavy atom. The van der Waals surface area contributed by atoms with E-state index in [0.29, 0.717) is 29.6 Å². The Hall–Kier alpha value is -2.21. The topological polar surface area (TPSA) is 67.9 Å². The van der Waals surface area contributed by atoms with Crippen LogP contribution in [-0.2, 0) is 10.8 Å². The Labute approximate surface area is 137 Å². The Balaban J connectivity index is 2.05. The van der Waals surface area contributed by atoms with Crippen molar-refractivity contribution in [2.24, 2.45) is 0 Å². The Morgan fingerprint density at radius 1 is 1.26 bits per heavy atom. The summed E-state index contributed by atoms with van der Waals surface area (Å²) in [6.07, 6.45) is 2.60. The summed E-state index contributed by atoms with van der Waals surface area (Å²) >= 11 is 0. The van der Waals surface area contributed by atoms with Gasteiger partial charge in [0, 0.05) is 16.8 Å². The quantitative estimate of drug-likeness (QED) is 0.751. The summed E-state index contributed by atoms with van der Waals surface area (Å²) < 4.78 is 18.0. The lowest BCUT2D eigenvalue weighted by molar-refractivity contribution is 0.340. The minimum Gasteiger partial charge on any atom is -0.493 e. The molecule has 0 aliphatic carbocycles. The first-order valence-corrected chi connectivity index (χ1v) is 9.01. The maximum Gasteiger partial charge on any atom is 0.178 e. The zero-order valence-corrected chi connectivity index (χ0v) is 14.0. The molecule has 0 bridgehead atoms. The maximum atomic E-state index is 12.2. The molecule has 0 fully saturated rings. The van der Waals surface area contributed by atoms with Gasteiger partial charge in [0.25, 0.3) is 0 Å². The van der Waals surface area contributed by atoms with Crippen LogP contribution in [0.3, 0.4) is 0 Å². The van der Waals surface area contributed by atoms with Gasteiger partial charge in [-0.05, 0) is 43.7 Å². The summed E-state index contributed by atoms with van der Waals surface area (Å²) in [5.74, 6) is 2.04. The van der Waals surface area contributed by atoms with Gasteiger partial charge in [-0.3, -0.25) is 4.21 Å². The zero-order valence-electron chi connectivity index (χ0n) is 13.2. The van der Waals surface area contributed by atoms with Crippen LogP contribution < -0.4 is 4.74 Å². The second-order valence-electron chi connectivity index (χ2n) is 5.10. The van der Waals surface area contributed by atoms with E-state index in [4.69, 9.17) is 4.74 Å². The van der Waals surface area contributed by atoms with Gasteiger partial charge in [0.2, 0.25) is 0 Å².